The van der Waals surface area contributed by atoms with Crippen molar-refractivity contribution in [3.05, 3.63) is 38.9 Å². The summed E-state index contributed by atoms with van der Waals surface area (Å²) < 4.78 is 0. The normalized spacial score (nSPS) is 11.6. The molecule has 0 aliphatic carbocycles. The molecular weight excluding hydrogens is 272 g/mol. The predicted molar refractivity (Wildman–Crippen MR) is 81.3 cm³/mol. The van der Waals surface area contributed by atoms with Crippen LogP contribution in [-0.4, -0.2) is 21.4 Å². The van der Waals surface area contributed by atoms with E-state index in [0.29, 0.717) is 29.6 Å². The summed E-state index contributed by atoms with van der Waals surface area (Å²) in [7, 11) is 0. The Bertz CT molecular complexity index is 787. The van der Waals surface area contributed by atoms with Crippen LogP contribution in [0.4, 0.5) is 5.69 Å². The van der Waals surface area contributed by atoms with Gasteiger partial charge in [-0.25, -0.2) is 0 Å². The molecule has 0 aliphatic rings. The van der Waals surface area contributed by atoms with E-state index in [1.165, 1.54) is 0 Å². The highest BCUT2D eigenvalue weighted by Gasteiger charge is 2.29. The number of anilines is 1. The molecule has 21 heavy (non-hydrogen) atoms. The van der Waals surface area contributed by atoms with Crippen molar-refractivity contribution < 1.29 is 4.79 Å². The molecule has 112 valence electrons. The van der Waals surface area contributed by atoms with Crippen LogP contribution in [0.25, 0.3) is 11.0 Å². The minimum Gasteiger partial charge on any atom is -0.324 e. The molecule has 0 radical (unpaired) electrons. The van der Waals surface area contributed by atoms with Gasteiger partial charge in [0.05, 0.1) is 16.6 Å². The average molecular weight is 290 g/mol. The van der Waals surface area contributed by atoms with Crippen molar-refractivity contribution in [2.45, 2.75) is 32.2 Å². The highest BCUT2D eigenvalue weighted by atomic mass is 16.2. The Hall–Kier alpha value is -2.41. The number of hydrogen-bond acceptors (Lipinski definition) is 4. The number of carbonyl (C=O) groups is 1. The summed E-state index contributed by atoms with van der Waals surface area (Å²) in [4.78, 5) is 39.6. The monoisotopic (exact) mass is 290 g/mol. The molecular formula is C14H18N4O3. The smallest absolute Gasteiger partial charge is 0.314 e. The molecule has 7 heteroatoms. The van der Waals surface area contributed by atoms with Crippen LogP contribution < -0.4 is 22.2 Å². The van der Waals surface area contributed by atoms with Gasteiger partial charge in [-0.05, 0) is 31.0 Å². The maximum atomic E-state index is 12.2. The van der Waals surface area contributed by atoms with Crippen LogP contribution >= 0.6 is 0 Å². The van der Waals surface area contributed by atoms with Crippen molar-refractivity contribution in [1.29, 1.82) is 0 Å². The molecule has 1 amide bonds. The molecule has 0 fully saturated rings. The van der Waals surface area contributed by atoms with E-state index in [1.54, 1.807) is 18.2 Å². The van der Waals surface area contributed by atoms with Crippen LogP contribution in [-0.2, 0) is 4.79 Å². The summed E-state index contributed by atoms with van der Waals surface area (Å²) in [6, 6.07) is 4.83. The minimum atomic E-state index is -0.923. The third-order valence-corrected chi connectivity index (χ3v) is 3.69. The summed E-state index contributed by atoms with van der Waals surface area (Å²) >= 11 is 0. The highest BCUT2D eigenvalue weighted by molar-refractivity contribution is 5.99. The summed E-state index contributed by atoms with van der Waals surface area (Å²) in [6.45, 7) is 3.71. The van der Waals surface area contributed by atoms with Crippen molar-refractivity contribution in [2.24, 2.45) is 5.73 Å². The van der Waals surface area contributed by atoms with Crippen molar-refractivity contribution >= 4 is 22.6 Å². The standard InChI is InChI=1S/C14H18N4O3/c1-3-14(15,4-2)13(21)16-8-5-6-9-10(7-8)18-12(20)11(19)17-9/h5-7H,3-4,15H2,1-2H3,(H,16,21)(H,17,19)(H,18,20). The summed E-state index contributed by atoms with van der Waals surface area (Å²) in [5, 5.41) is 2.73. The topological polar surface area (TPSA) is 121 Å². The van der Waals surface area contributed by atoms with Gasteiger partial charge in [-0.15, -0.1) is 0 Å². The maximum Gasteiger partial charge on any atom is 0.314 e. The number of fused-ring (bicyclic) bond motifs is 1. The summed E-state index contributed by atoms with van der Waals surface area (Å²) in [5.74, 6) is -0.279. The fraction of sp³-hybridized carbons (Fsp3) is 0.357. The van der Waals surface area contributed by atoms with Gasteiger partial charge in [0.1, 0.15) is 0 Å². The van der Waals surface area contributed by atoms with Crippen molar-refractivity contribution in [2.75, 3.05) is 5.32 Å². The lowest BCUT2D eigenvalue weighted by Gasteiger charge is -2.25. The van der Waals surface area contributed by atoms with Crippen LogP contribution in [0.1, 0.15) is 26.7 Å². The fourth-order valence-electron chi connectivity index (χ4n) is 2.02. The number of carbonyl (C=O) groups excluding carboxylic acids is 1. The van der Waals surface area contributed by atoms with E-state index in [1.807, 2.05) is 13.8 Å². The van der Waals surface area contributed by atoms with Crippen LogP contribution in [0.3, 0.4) is 0 Å². The largest absolute Gasteiger partial charge is 0.324 e. The van der Waals surface area contributed by atoms with Gasteiger partial charge in [-0.3, -0.25) is 14.4 Å². The molecule has 1 heterocycles. The molecule has 5 N–H and O–H groups in total. The molecule has 0 saturated heterocycles. The maximum absolute atomic E-state index is 12.2. The number of rotatable bonds is 4. The van der Waals surface area contributed by atoms with E-state index in [0.717, 1.165) is 0 Å². The van der Waals surface area contributed by atoms with Gasteiger partial charge in [-0.1, -0.05) is 13.8 Å². The molecule has 2 rings (SSSR count). The number of nitrogens with two attached hydrogens (primary N) is 1. The Labute approximate surface area is 120 Å². The van der Waals surface area contributed by atoms with E-state index in [4.69, 9.17) is 5.73 Å². The predicted octanol–water partition coefficient (Wildman–Crippen LogP) is 0.672. The Kier molecular flexibility index (Phi) is 3.95. The highest BCUT2D eigenvalue weighted by Crippen LogP contribution is 2.18. The van der Waals surface area contributed by atoms with Crippen LogP contribution in [0.15, 0.2) is 27.8 Å². The quantitative estimate of drug-likeness (QED) is 0.618. The van der Waals surface area contributed by atoms with Crippen molar-refractivity contribution in [3.8, 4) is 0 Å². The van der Waals surface area contributed by atoms with Gasteiger partial charge in [0.15, 0.2) is 0 Å². The molecule has 0 spiro atoms. The number of nitrogens with one attached hydrogen (secondary N) is 3. The zero-order valence-corrected chi connectivity index (χ0v) is 11.9. The summed E-state index contributed by atoms with van der Waals surface area (Å²) in [6.07, 6.45) is 1.04. The van der Waals surface area contributed by atoms with Crippen LogP contribution in [0.2, 0.25) is 0 Å². The van der Waals surface area contributed by atoms with E-state index < -0.39 is 16.7 Å². The van der Waals surface area contributed by atoms with Gasteiger partial charge in [0.2, 0.25) is 5.91 Å². The van der Waals surface area contributed by atoms with Gasteiger partial charge >= 0.3 is 11.1 Å². The Morgan fingerprint density at radius 1 is 1.14 bits per heavy atom. The van der Waals surface area contributed by atoms with Gasteiger partial charge in [0.25, 0.3) is 0 Å². The average Bonchev–Trinajstić information content (AvgIpc) is 2.47. The second-order valence-electron chi connectivity index (χ2n) is 4.99. The Morgan fingerprint density at radius 2 is 1.71 bits per heavy atom. The fourth-order valence-corrected chi connectivity index (χ4v) is 2.02. The lowest BCUT2D eigenvalue weighted by Crippen LogP contribution is -2.50. The molecule has 0 aliphatic heterocycles. The third kappa shape index (κ3) is 2.87. The van der Waals surface area contributed by atoms with E-state index in [2.05, 4.69) is 15.3 Å². The van der Waals surface area contributed by atoms with Crippen LogP contribution in [0.5, 0.6) is 0 Å². The number of amides is 1. The van der Waals surface area contributed by atoms with Gasteiger partial charge in [-0.2, -0.15) is 0 Å². The molecule has 2 aromatic rings. The van der Waals surface area contributed by atoms with Crippen molar-refractivity contribution in [3.63, 3.8) is 0 Å². The Morgan fingerprint density at radius 3 is 2.29 bits per heavy atom. The lowest BCUT2D eigenvalue weighted by molar-refractivity contribution is -0.121. The number of aromatic nitrogens is 2. The van der Waals surface area contributed by atoms with E-state index in [9.17, 15) is 14.4 Å². The second kappa shape index (κ2) is 5.53. The number of H-pyrrole nitrogens is 2. The first-order chi connectivity index (χ1) is 9.89. The molecule has 1 aromatic heterocycles. The molecule has 0 atom stereocenters. The third-order valence-electron chi connectivity index (χ3n) is 3.69. The molecule has 0 saturated carbocycles. The zero-order chi connectivity index (χ0) is 15.6. The molecule has 0 bridgehead atoms. The number of aromatic amines is 2. The first-order valence-electron chi connectivity index (χ1n) is 6.76. The molecule has 1 aromatic carbocycles. The molecule has 0 unspecified atom stereocenters. The first kappa shape index (κ1) is 15.0. The first-order valence-corrected chi connectivity index (χ1v) is 6.76. The van der Waals surface area contributed by atoms with E-state index >= 15 is 0 Å². The minimum absolute atomic E-state index is 0.279. The number of benzene rings is 1. The summed E-state index contributed by atoms with van der Waals surface area (Å²) in [5.41, 5.74) is 5.09. The van der Waals surface area contributed by atoms with Gasteiger partial charge < -0.3 is 21.0 Å². The second-order valence-corrected chi connectivity index (χ2v) is 4.99. The van der Waals surface area contributed by atoms with Crippen molar-refractivity contribution in [1.82, 2.24) is 9.97 Å². The Balaban J connectivity index is 2.36. The van der Waals surface area contributed by atoms with Gasteiger partial charge in [0, 0.05) is 5.69 Å². The van der Waals surface area contributed by atoms with E-state index in [-0.39, 0.29) is 5.91 Å². The molecule has 7 nitrogen and oxygen atoms in total. The number of hydrogen-bond donors (Lipinski definition) is 4. The zero-order valence-electron chi connectivity index (χ0n) is 11.9. The van der Waals surface area contributed by atoms with Crippen LogP contribution in [0, 0.1) is 0 Å². The lowest BCUT2D eigenvalue weighted by atomic mass is 9.93. The SMILES string of the molecule is CCC(N)(CC)C(=O)Nc1ccc2[nH]c(=O)c(=O)[nH]c2c1.